The van der Waals surface area contributed by atoms with Gasteiger partial charge in [-0.1, -0.05) is 0 Å². The van der Waals surface area contributed by atoms with Gasteiger partial charge in [0.25, 0.3) is 0 Å². The molecule has 3 heteroatoms. The van der Waals surface area contributed by atoms with E-state index in [0.29, 0.717) is 6.61 Å². The summed E-state index contributed by atoms with van der Waals surface area (Å²) in [6.45, 7) is 0.613. The summed E-state index contributed by atoms with van der Waals surface area (Å²) in [6, 6.07) is 3.95. The fraction of sp³-hybridized carbons (Fsp3) is 0.0667. The van der Waals surface area contributed by atoms with Gasteiger partial charge >= 0.3 is 0 Å². The van der Waals surface area contributed by atoms with Gasteiger partial charge in [-0.2, -0.15) is 0 Å². The largest absolute Gasteiger partial charge is 0.489 e. The normalized spacial score (nSPS) is 18.2. The van der Waals surface area contributed by atoms with Crippen LogP contribution in [-0.4, -0.2) is 6.61 Å². The van der Waals surface area contributed by atoms with Crippen LogP contribution in [0.5, 0.6) is 11.5 Å². The molecule has 0 aromatic heterocycles. The Bertz CT molecular complexity index is 648. The topological polar surface area (TPSA) is 27.7 Å². The quantitative estimate of drug-likeness (QED) is 0.694. The summed E-state index contributed by atoms with van der Waals surface area (Å²) < 4.78 is 16.9. The van der Waals surface area contributed by atoms with Gasteiger partial charge in [0.1, 0.15) is 18.1 Å². The van der Waals surface area contributed by atoms with Crippen molar-refractivity contribution in [3.05, 3.63) is 59.3 Å². The first-order chi connectivity index (χ1) is 8.92. The molecule has 3 aliphatic heterocycles. The molecule has 0 atom stereocenters. The summed E-state index contributed by atoms with van der Waals surface area (Å²) in [4.78, 5) is 0. The minimum atomic E-state index is 0.613. The van der Waals surface area contributed by atoms with Gasteiger partial charge in [-0.3, -0.25) is 0 Å². The van der Waals surface area contributed by atoms with Crippen LogP contribution in [0.3, 0.4) is 0 Å². The van der Waals surface area contributed by atoms with Gasteiger partial charge < -0.3 is 14.2 Å². The smallest absolute Gasteiger partial charge is 0.170 e. The van der Waals surface area contributed by atoms with Crippen molar-refractivity contribution >= 4 is 12.2 Å². The predicted octanol–water partition coefficient (Wildman–Crippen LogP) is 3.25. The van der Waals surface area contributed by atoms with Crippen LogP contribution >= 0.6 is 0 Å². The summed E-state index contributed by atoms with van der Waals surface area (Å²) in [5.74, 6) is 3.17. The minimum Gasteiger partial charge on any atom is -0.489 e. The Labute approximate surface area is 104 Å². The van der Waals surface area contributed by atoms with Crippen molar-refractivity contribution in [2.45, 2.75) is 0 Å². The second kappa shape index (κ2) is 3.53. The average molecular weight is 238 g/mol. The van der Waals surface area contributed by atoms with Crippen LogP contribution in [0.25, 0.3) is 12.2 Å². The van der Waals surface area contributed by atoms with Crippen LogP contribution in [0.2, 0.25) is 0 Å². The Hall–Kier alpha value is -2.42. The Morgan fingerprint density at radius 2 is 2.11 bits per heavy atom. The summed E-state index contributed by atoms with van der Waals surface area (Å²) in [5, 5.41) is 0. The molecule has 0 spiro atoms. The third-order valence-corrected chi connectivity index (χ3v) is 3.07. The van der Waals surface area contributed by atoms with E-state index in [1.807, 2.05) is 42.5 Å². The molecule has 0 saturated carbocycles. The molecule has 0 N–H and O–H groups in total. The van der Waals surface area contributed by atoms with Crippen LogP contribution < -0.4 is 9.47 Å². The standard InChI is InChI=1S/C15H10O3/c1-3-11-12(16-7-1)6-5-10-9-14-13(18-15(10)11)4-2-8-17-14/h1-6,8-9H,7H2. The molecule has 3 nitrogen and oxygen atoms in total. The van der Waals surface area contributed by atoms with Gasteiger partial charge in [-0.05, 0) is 42.5 Å². The van der Waals surface area contributed by atoms with E-state index in [2.05, 4.69) is 0 Å². The van der Waals surface area contributed by atoms with E-state index in [9.17, 15) is 0 Å². The van der Waals surface area contributed by atoms with Crippen molar-refractivity contribution in [3.63, 3.8) is 0 Å². The van der Waals surface area contributed by atoms with Crippen LogP contribution in [0.1, 0.15) is 11.1 Å². The summed E-state index contributed by atoms with van der Waals surface area (Å²) in [6.07, 6.45) is 11.4. The summed E-state index contributed by atoms with van der Waals surface area (Å²) in [5.41, 5.74) is 2.00. The number of fused-ring (bicyclic) bond motifs is 4. The molecule has 0 saturated heterocycles. The zero-order valence-electron chi connectivity index (χ0n) is 9.55. The Balaban J connectivity index is 1.92. The van der Waals surface area contributed by atoms with E-state index in [0.717, 1.165) is 34.1 Å². The zero-order chi connectivity index (χ0) is 11.9. The fourth-order valence-electron chi connectivity index (χ4n) is 2.23. The Morgan fingerprint density at radius 3 is 3.11 bits per heavy atom. The van der Waals surface area contributed by atoms with Crippen LogP contribution in [-0.2, 0) is 4.74 Å². The number of hydrogen-bond donors (Lipinski definition) is 0. The first-order valence-corrected chi connectivity index (χ1v) is 5.81. The minimum absolute atomic E-state index is 0.613. The van der Waals surface area contributed by atoms with Gasteiger partial charge in [0, 0.05) is 5.56 Å². The highest BCUT2D eigenvalue weighted by atomic mass is 16.5. The molecule has 0 amide bonds. The molecular formula is C15H10O3. The molecule has 4 rings (SSSR count). The fourth-order valence-corrected chi connectivity index (χ4v) is 2.23. The van der Waals surface area contributed by atoms with E-state index in [-0.39, 0.29) is 0 Å². The summed E-state index contributed by atoms with van der Waals surface area (Å²) >= 11 is 0. The third kappa shape index (κ3) is 1.31. The zero-order valence-corrected chi connectivity index (χ0v) is 9.55. The van der Waals surface area contributed by atoms with Crippen molar-refractivity contribution in [1.82, 2.24) is 0 Å². The Morgan fingerprint density at radius 1 is 1.11 bits per heavy atom. The number of rotatable bonds is 0. The lowest BCUT2D eigenvalue weighted by Gasteiger charge is -2.24. The monoisotopic (exact) mass is 238 g/mol. The molecule has 3 heterocycles. The molecule has 0 aliphatic carbocycles. The van der Waals surface area contributed by atoms with Crippen molar-refractivity contribution in [1.29, 1.82) is 0 Å². The van der Waals surface area contributed by atoms with Gasteiger partial charge in [0.2, 0.25) is 0 Å². The van der Waals surface area contributed by atoms with Crippen LogP contribution in [0, 0.1) is 0 Å². The predicted molar refractivity (Wildman–Crippen MR) is 67.9 cm³/mol. The molecular weight excluding hydrogens is 228 g/mol. The maximum absolute atomic E-state index is 5.92. The molecule has 18 heavy (non-hydrogen) atoms. The lowest BCUT2D eigenvalue weighted by molar-refractivity contribution is 0.294. The number of allylic oxidation sites excluding steroid dienone is 2. The van der Waals surface area contributed by atoms with Gasteiger partial charge in [0.05, 0.1) is 11.8 Å². The first kappa shape index (κ1) is 9.59. The summed E-state index contributed by atoms with van der Waals surface area (Å²) in [7, 11) is 0. The van der Waals surface area contributed by atoms with Gasteiger partial charge in [-0.25, -0.2) is 0 Å². The van der Waals surface area contributed by atoms with Crippen molar-refractivity contribution in [2.75, 3.05) is 6.61 Å². The lowest BCUT2D eigenvalue weighted by Crippen LogP contribution is -2.11. The highest BCUT2D eigenvalue weighted by Crippen LogP contribution is 2.41. The highest BCUT2D eigenvalue weighted by Gasteiger charge is 2.24. The van der Waals surface area contributed by atoms with E-state index in [1.54, 1.807) is 6.26 Å². The van der Waals surface area contributed by atoms with Crippen LogP contribution in [0.4, 0.5) is 0 Å². The second-order valence-corrected chi connectivity index (χ2v) is 4.20. The first-order valence-electron chi connectivity index (χ1n) is 5.81. The average Bonchev–Trinajstić information content (AvgIpc) is 2.45. The lowest BCUT2D eigenvalue weighted by atomic mass is 10.0. The number of ether oxygens (including phenoxy) is 3. The molecule has 88 valence electrons. The molecule has 1 aromatic carbocycles. The Kier molecular flexibility index (Phi) is 1.88. The third-order valence-electron chi connectivity index (χ3n) is 3.07. The van der Waals surface area contributed by atoms with Gasteiger partial charge in [0.15, 0.2) is 11.5 Å². The van der Waals surface area contributed by atoms with Gasteiger partial charge in [-0.15, -0.1) is 0 Å². The maximum Gasteiger partial charge on any atom is 0.170 e. The molecule has 1 aromatic rings. The molecule has 0 unspecified atom stereocenters. The highest BCUT2D eigenvalue weighted by molar-refractivity contribution is 5.76. The maximum atomic E-state index is 5.92. The van der Waals surface area contributed by atoms with E-state index >= 15 is 0 Å². The number of hydrogen-bond acceptors (Lipinski definition) is 3. The molecule has 0 fully saturated rings. The number of benzene rings is 1. The van der Waals surface area contributed by atoms with Crippen molar-refractivity contribution in [2.24, 2.45) is 0 Å². The van der Waals surface area contributed by atoms with Crippen LogP contribution in [0.15, 0.2) is 48.1 Å². The van der Waals surface area contributed by atoms with E-state index in [1.165, 1.54) is 0 Å². The molecule has 0 bridgehead atoms. The van der Waals surface area contributed by atoms with Crippen molar-refractivity contribution < 1.29 is 14.2 Å². The van der Waals surface area contributed by atoms with E-state index < -0.39 is 0 Å². The van der Waals surface area contributed by atoms with E-state index in [4.69, 9.17) is 14.2 Å². The molecule has 3 aliphatic rings. The molecule has 0 radical (unpaired) electrons. The second-order valence-electron chi connectivity index (χ2n) is 4.20. The SMILES string of the molecule is C1=COC2=Cc3ccc4c(c3OC2=C1)C=CCO4. The van der Waals surface area contributed by atoms with Crippen molar-refractivity contribution in [3.8, 4) is 11.5 Å².